The van der Waals surface area contributed by atoms with Crippen molar-refractivity contribution < 1.29 is 9.53 Å². The van der Waals surface area contributed by atoms with Gasteiger partial charge in [0.05, 0.1) is 18.0 Å². The monoisotopic (exact) mass is 395 g/mol. The van der Waals surface area contributed by atoms with Crippen molar-refractivity contribution in [2.75, 3.05) is 13.7 Å². The molecule has 0 fully saturated rings. The van der Waals surface area contributed by atoms with Gasteiger partial charge >= 0.3 is 0 Å². The molecular weight excluding hydrogens is 374 g/mol. The molecule has 0 atom stereocenters. The van der Waals surface area contributed by atoms with Gasteiger partial charge in [-0.1, -0.05) is 18.2 Å². The molecule has 0 aliphatic heterocycles. The molecule has 1 aromatic heterocycles. The standard InChI is InChI=1S/C21H21N3O3S/c1-3-12-24-20(26)17-9-6-15(13-18(17)23-21(24)28)19(25)22-11-10-14-4-7-16(27-2)8-5-14/h3-9,13H,1,10-12H2,2H3,(H,22,25)(H,23,28). The molecule has 6 nitrogen and oxygen atoms in total. The molecular formula is C21H21N3O3S. The molecule has 3 rings (SSSR count). The molecule has 144 valence electrons. The fourth-order valence-electron chi connectivity index (χ4n) is 2.91. The smallest absolute Gasteiger partial charge is 0.262 e. The molecule has 0 aliphatic rings. The molecule has 7 heteroatoms. The van der Waals surface area contributed by atoms with Gasteiger partial charge in [-0.05, 0) is 54.5 Å². The van der Waals surface area contributed by atoms with Crippen LogP contribution in [0, 0.1) is 4.77 Å². The lowest BCUT2D eigenvalue weighted by molar-refractivity contribution is 0.0954. The maximum atomic E-state index is 12.5. The Balaban J connectivity index is 1.72. The van der Waals surface area contributed by atoms with Crippen LogP contribution in [-0.2, 0) is 13.0 Å². The first kappa shape index (κ1) is 19.6. The van der Waals surface area contributed by atoms with Gasteiger partial charge in [0.25, 0.3) is 11.5 Å². The predicted molar refractivity (Wildman–Crippen MR) is 113 cm³/mol. The van der Waals surface area contributed by atoms with Crippen LogP contribution in [0.1, 0.15) is 15.9 Å². The lowest BCUT2D eigenvalue weighted by Gasteiger charge is -2.09. The minimum absolute atomic E-state index is 0.204. The summed E-state index contributed by atoms with van der Waals surface area (Å²) in [7, 11) is 1.62. The van der Waals surface area contributed by atoms with Gasteiger partial charge in [0.15, 0.2) is 4.77 Å². The molecule has 0 spiro atoms. The van der Waals surface area contributed by atoms with Gasteiger partial charge in [-0.15, -0.1) is 6.58 Å². The van der Waals surface area contributed by atoms with Gasteiger partial charge in [0, 0.05) is 18.7 Å². The van der Waals surface area contributed by atoms with E-state index in [2.05, 4.69) is 16.9 Å². The highest BCUT2D eigenvalue weighted by Crippen LogP contribution is 2.12. The average Bonchev–Trinajstić information content (AvgIpc) is 2.71. The second kappa shape index (κ2) is 8.67. The molecule has 1 amide bonds. The molecule has 0 aliphatic carbocycles. The number of benzene rings is 2. The van der Waals surface area contributed by atoms with E-state index in [9.17, 15) is 9.59 Å². The lowest BCUT2D eigenvalue weighted by atomic mass is 10.1. The topological polar surface area (TPSA) is 76.1 Å². The van der Waals surface area contributed by atoms with Crippen LogP contribution in [0.3, 0.4) is 0 Å². The van der Waals surface area contributed by atoms with Crippen molar-refractivity contribution in [3.63, 3.8) is 0 Å². The van der Waals surface area contributed by atoms with E-state index in [1.165, 1.54) is 4.57 Å². The summed E-state index contributed by atoms with van der Waals surface area (Å²) in [5, 5.41) is 3.37. The van der Waals surface area contributed by atoms with E-state index in [-0.39, 0.29) is 11.5 Å². The van der Waals surface area contributed by atoms with Gasteiger partial charge < -0.3 is 15.0 Å². The fourth-order valence-corrected chi connectivity index (χ4v) is 3.17. The zero-order valence-electron chi connectivity index (χ0n) is 15.5. The van der Waals surface area contributed by atoms with Crippen molar-refractivity contribution >= 4 is 29.0 Å². The number of H-pyrrole nitrogens is 1. The zero-order valence-corrected chi connectivity index (χ0v) is 16.3. The van der Waals surface area contributed by atoms with Crippen LogP contribution in [0.5, 0.6) is 5.75 Å². The molecule has 3 aromatic rings. The number of ether oxygens (including phenoxy) is 1. The third kappa shape index (κ3) is 4.20. The fraction of sp³-hybridized carbons (Fsp3) is 0.190. The minimum Gasteiger partial charge on any atom is -0.497 e. The molecule has 28 heavy (non-hydrogen) atoms. The molecule has 0 radical (unpaired) electrons. The first-order valence-corrected chi connectivity index (χ1v) is 9.23. The van der Waals surface area contributed by atoms with E-state index in [0.29, 0.717) is 40.7 Å². The number of nitrogens with zero attached hydrogens (tertiary/aromatic N) is 1. The Morgan fingerprint density at radius 3 is 2.71 bits per heavy atom. The van der Waals surface area contributed by atoms with Crippen LogP contribution in [0.15, 0.2) is 59.9 Å². The minimum atomic E-state index is -0.204. The van der Waals surface area contributed by atoms with Gasteiger partial charge in [0.1, 0.15) is 5.75 Å². The Bertz CT molecular complexity index is 1130. The first-order chi connectivity index (χ1) is 13.5. The Kier molecular flexibility index (Phi) is 6.06. The number of rotatable bonds is 7. The highest BCUT2D eigenvalue weighted by atomic mass is 32.1. The normalized spacial score (nSPS) is 10.6. The van der Waals surface area contributed by atoms with Crippen LogP contribution < -0.4 is 15.6 Å². The van der Waals surface area contributed by atoms with Crippen molar-refractivity contribution in [1.82, 2.24) is 14.9 Å². The van der Waals surface area contributed by atoms with Gasteiger partial charge in [-0.3, -0.25) is 14.2 Å². The third-order valence-electron chi connectivity index (χ3n) is 4.41. The second-order valence-electron chi connectivity index (χ2n) is 6.25. The first-order valence-electron chi connectivity index (χ1n) is 8.82. The number of methoxy groups -OCH3 is 1. The van der Waals surface area contributed by atoms with Crippen LogP contribution in [-0.4, -0.2) is 29.1 Å². The number of aromatic amines is 1. The molecule has 0 unspecified atom stereocenters. The Morgan fingerprint density at radius 2 is 2.04 bits per heavy atom. The lowest BCUT2D eigenvalue weighted by Crippen LogP contribution is -2.26. The number of carbonyl (C=O) groups is 1. The van der Waals surface area contributed by atoms with E-state index < -0.39 is 0 Å². The summed E-state index contributed by atoms with van der Waals surface area (Å²) in [6.07, 6.45) is 2.32. The number of aromatic nitrogens is 2. The van der Waals surface area contributed by atoms with E-state index in [1.54, 1.807) is 31.4 Å². The van der Waals surface area contributed by atoms with Crippen LogP contribution >= 0.6 is 12.2 Å². The third-order valence-corrected chi connectivity index (χ3v) is 4.74. The van der Waals surface area contributed by atoms with Crippen molar-refractivity contribution in [3.05, 3.63) is 81.4 Å². The van der Waals surface area contributed by atoms with Crippen LogP contribution in [0.4, 0.5) is 0 Å². The zero-order chi connectivity index (χ0) is 20.1. The maximum absolute atomic E-state index is 12.5. The Morgan fingerprint density at radius 1 is 1.29 bits per heavy atom. The summed E-state index contributed by atoms with van der Waals surface area (Å²) in [6.45, 7) is 4.47. The second-order valence-corrected chi connectivity index (χ2v) is 6.64. The summed E-state index contributed by atoms with van der Waals surface area (Å²) < 4.78 is 6.86. The summed E-state index contributed by atoms with van der Waals surface area (Å²) in [4.78, 5) is 28.0. The number of hydrogen-bond donors (Lipinski definition) is 2. The van der Waals surface area contributed by atoms with Crippen molar-refractivity contribution in [2.45, 2.75) is 13.0 Å². The molecule has 0 saturated heterocycles. The van der Waals surface area contributed by atoms with E-state index in [4.69, 9.17) is 17.0 Å². The molecule has 1 heterocycles. The molecule has 0 bridgehead atoms. The van der Waals surface area contributed by atoms with E-state index in [0.717, 1.165) is 11.3 Å². The van der Waals surface area contributed by atoms with Crippen LogP contribution in [0.25, 0.3) is 10.9 Å². The van der Waals surface area contributed by atoms with Gasteiger partial charge in [0.2, 0.25) is 0 Å². The Hall–Kier alpha value is -3.19. The predicted octanol–water partition coefficient (Wildman–Crippen LogP) is 3.23. The summed E-state index contributed by atoms with van der Waals surface area (Å²) in [5.74, 6) is 0.596. The van der Waals surface area contributed by atoms with E-state index >= 15 is 0 Å². The van der Waals surface area contributed by atoms with Gasteiger partial charge in [-0.2, -0.15) is 0 Å². The molecule has 2 N–H and O–H groups in total. The highest BCUT2D eigenvalue weighted by molar-refractivity contribution is 7.71. The van der Waals surface area contributed by atoms with Crippen molar-refractivity contribution in [1.29, 1.82) is 0 Å². The van der Waals surface area contributed by atoms with Gasteiger partial charge in [-0.25, -0.2) is 0 Å². The van der Waals surface area contributed by atoms with Crippen molar-refractivity contribution in [3.8, 4) is 5.75 Å². The Labute approximate surface area is 167 Å². The number of fused-ring (bicyclic) bond motifs is 1. The highest BCUT2D eigenvalue weighted by Gasteiger charge is 2.10. The van der Waals surface area contributed by atoms with Crippen molar-refractivity contribution in [2.24, 2.45) is 0 Å². The quantitative estimate of drug-likeness (QED) is 0.476. The average molecular weight is 395 g/mol. The SMILES string of the molecule is C=CCn1c(=S)[nH]c2cc(C(=O)NCCc3ccc(OC)cc3)ccc2c1=O. The summed E-state index contributed by atoms with van der Waals surface area (Å²) in [5.41, 5.74) is 1.91. The number of nitrogens with one attached hydrogen (secondary N) is 2. The molecule has 2 aromatic carbocycles. The largest absolute Gasteiger partial charge is 0.497 e. The summed E-state index contributed by atoms with van der Waals surface area (Å²) in [6, 6.07) is 12.6. The maximum Gasteiger partial charge on any atom is 0.262 e. The number of amides is 1. The number of hydrogen-bond acceptors (Lipinski definition) is 4. The number of allylic oxidation sites excluding steroid dienone is 1. The van der Waals surface area contributed by atoms with E-state index in [1.807, 2.05) is 24.3 Å². The summed E-state index contributed by atoms with van der Waals surface area (Å²) >= 11 is 5.23. The van der Waals surface area contributed by atoms with Crippen LogP contribution in [0.2, 0.25) is 0 Å². The molecule has 0 saturated carbocycles. The number of carbonyl (C=O) groups excluding carboxylic acids is 1.